The fourth-order valence-electron chi connectivity index (χ4n) is 0.580. The molecule has 58 valence electrons. The Morgan fingerprint density at radius 1 is 1.64 bits per heavy atom. The van der Waals surface area contributed by atoms with Gasteiger partial charge in [-0.3, -0.25) is 0 Å². The van der Waals surface area contributed by atoms with E-state index in [-0.39, 0.29) is 0 Å². The van der Waals surface area contributed by atoms with E-state index in [9.17, 15) is 0 Å². The summed E-state index contributed by atoms with van der Waals surface area (Å²) in [4.78, 5) is 0. The molecule has 0 amide bonds. The van der Waals surface area contributed by atoms with Gasteiger partial charge in [0.25, 0.3) is 0 Å². The fourth-order valence-corrected chi connectivity index (χ4v) is 1.19. The van der Waals surface area contributed by atoms with E-state index in [1.54, 1.807) is 6.07 Å². The molecular weight excluding hydrogens is 276 g/mol. The second-order valence-electron chi connectivity index (χ2n) is 1.88. The lowest BCUT2D eigenvalue weighted by molar-refractivity contribution is 0.475. The molecule has 0 saturated heterocycles. The van der Waals surface area contributed by atoms with Crippen LogP contribution in [0.25, 0.3) is 0 Å². The standard InChI is InChI=1S/C6H4Br2N2O/c7-3-1-5(4(10)2-9)11-6(3)8/h1,4H,10H2. The molecule has 0 aliphatic heterocycles. The molecule has 1 aromatic heterocycles. The molecule has 0 radical (unpaired) electrons. The van der Waals surface area contributed by atoms with Gasteiger partial charge in [-0.1, -0.05) is 0 Å². The van der Waals surface area contributed by atoms with Crippen LogP contribution in [-0.4, -0.2) is 0 Å². The van der Waals surface area contributed by atoms with Gasteiger partial charge < -0.3 is 10.2 Å². The summed E-state index contributed by atoms with van der Waals surface area (Å²) in [6, 6.07) is 2.83. The molecule has 2 N–H and O–H groups in total. The minimum absolute atomic E-state index is 0.450. The van der Waals surface area contributed by atoms with E-state index in [0.717, 1.165) is 4.47 Å². The van der Waals surface area contributed by atoms with Crippen molar-refractivity contribution in [3.63, 3.8) is 0 Å². The molecule has 0 bridgehead atoms. The lowest BCUT2D eigenvalue weighted by Gasteiger charge is -1.93. The predicted molar refractivity (Wildman–Crippen MR) is 46.6 cm³/mol. The van der Waals surface area contributed by atoms with Gasteiger partial charge in [0.1, 0.15) is 5.76 Å². The molecule has 5 heteroatoms. The number of nitrogens with two attached hydrogens (primary N) is 1. The molecule has 1 rings (SSSR count). The number of halogens is 2. The molecule has 0 aliphatic rings. The molecule has 0 fully saturated rings. The van der Waals surface area contributed by atoms with E-state index in [4.69, 9.17) is 15.4 Å². The molecule has 0 aliphatic carbocycles. The highest BCUT2D eigenvalue weighted by molar-refractivity contribution is 9.13. The second-order valence-corrected chi connectivity index (χ2v) is 3.45. The Hall–Kier alpha value is -0.310. The predicted octanol–water partition coefficient (Wildman–Crippen LogP) is 2.33. The summed E-state index contributed by atoms with van der Waals surface area (Å²) in [6.07, 6.45) is 0. The van der Waals surface area contributed by atoms with Crippen molar-refractivity contribution in [3.8, 4) is 6.07 Å². The summed E-state index contributed by atoms with van der Waals surface area (Å²) >= 11 is 6.34. The van der Waals surface area contributed by atoms with Gasteiger partial charge in [0.2, 0.25) is 0 Å². The van der Waals surface area contributed by atoms with Crippen molar-refractivity contribution >= 4 is 31.9 Å². The van der Waals surface area contributed by atoms with E-state index in [0.29, 0.717) is 10.4 Å². The summed E-state index contributed by atoms with van der Waals surface area (Å²) in [5.74, 6) is 0.450. The smallest absolute Gasteiger partial charge is 0.183 e. The monoisotopic (exact) mass is 278 g/mol. The third kappa shape index (κ3) is 1.83. The molecule has 0 spiro atoms. The van der Waals surface area contributed by atoms with E-state index >= 15 is 0 Å². The van der Waals surface area contributed by atoms with Crippen molar-refractivity contribution < 1.29 is 4.42 Å². The van der Waals surface area contributed by atoms with Crippen molar-refractivity contribution in [2.75, 3.05) is 0 Å². The second kappa shape index (κ2) is 3.39. The van der Waals surface area contributed by atoms with Gasteiger partial charge in [-0.25, -0.2) is 0 Å². The van der Waals surface area contributed by atoms with Gasteiger partial charge >= 0.3 is 0 Å². The number of nitriles is 1. The summed E-state index contributed by atoms with van der Waals surface area (Å²) in [6.45, 7) is 0. The Kier molecular flexibility index (Phi) is 2.71. The summed E-state index contributed by atoms with van der Waals surface area (Å²) in [7, 11) is 0. The molecule has 1 aromatic rings. The van der Waals surface area contributed by atoms with Gasteiger partial charge in [-0.15, -0.1) is 0 Å². The van der Waals surface area contributed by atoms with Crippen LogP contribution in [0.5, 0.6) is 0 Å². The first-order chi connectivity index (χ1) is 5.15. The molecule has 0 saturated carbocycles. The summed E-state index contributed by atoms with van der Waals surface area (Å²) in [5.41, 5.74) is 5.38. The minimum atomic E-state index is -0.697. The van der Waals surface area contributed by atoms with E-state index in [1.807, 2.05) is 6.07 Å². The topological polar surface area (TPSA) is 63.0 Å². The van der Waals surface area contributed by atoms with Crippen LogP contribution in [0.4, 0.5) is 0 Å². The van der Waals surface area contributed by atoms with E-state index < -0.39 is 6.04 Å². The van der Waals surface area contributed by atoms with Gasteiger partial charge in [-0.2, -0.15) is 5.26 Å². The molecule has 3 nitrogen and oxygen atoms in total. The fraction of sp³-hybridized carbons (Fsp3) is 0.167. The number of hydrogen-bond donors (Lipinski definition) is 1. The first kappa shape index (κ1) is 8.78. The van der Waals surface area contributed by atoms with Crippen LogP contribution in [0.3, 0.4) is 0 Å². The minimum Gasteiger partial charge on any atom is -0.450 e. The zero-order chi connectivity index (χ0) is 8.43. The Bertz CT molecular complexity index is 283. The SMILES string of the molecule is N#CC(N)c1cc(Br)c(Br)o1. The van der Waals surface area contributed by atoms with Crippen LogP contribution in [0, 0.1) is 11.3 Å². The Morgan fingerprint density at radius 2 is 2.27 bits per heavy atom. The van der Waals surface area contributed by atoms with Crippen molar-refractivity contribution in [1.29, 1.82) is 5.26 Å². The molecule has 0 aromatic carbocycles. The third-order valence-corrected chi connectivity index (χ3v) is 2.82. The average molecular weight is 280 g/mol. The van der Waals surface area contributed by atoms with Gasteiger partial charge in [-0.05, 0) is 37.9 Å². The molecule has 1 atom stereocenters. The Labute approximate surface area is 80.4 Å². The first-order valence-corrected chi connectivity index (χ1v) is 4.33. The van der Waals surface area contributed by atoms with Crippen molar-refractivity contribution in [2.24, 2.45) is 5.73 Å². The molecule has 1 heterocycles. The zero-order valence-electron chi connectivity index (χ0n) is 5.34. The van der Waals surface area contributed by atoms with Gasteiger partial charge in [0.05, 0.1) is 10.5 Å². The maximum atomic E-state index is 8.42. The van der Waals surface area contributed by atoms with Crippen LogP contribution in [0.2, 0.25) is 0 Å². The maximum Gasteiger partial charge on any atom is 0.183 e. The van der Waals surface area contributed by atoms with E-state index in [2.05, 4.69) is 31.9 Å². The van der Waals surface area contributed by atoms with Crippen LogP contribution < -0.4 is 5.73 Å². The summed E-state index contributed by atoms with van der Waals surface area (Å²) < 4.78 is 6.41. The quantitative estimate of drug-likeness (QED) is 0.858. The van der Waals surface area contributed by atoms with Crippen LogP contribution in [-0.2, 0) is 0 Å². The van der Waals surface area contributed by atoms with Crippen LogP contribution >= 0.6 is 31.9 Å². The number of nitrogens with zero attached hydrogens (tertiary/aromatic N) is 1. The number of hydrogen-bond acceptors (Lipinski definition) is 3. The van der Waals surface area contributed by atoms with Crippen molar-refractivity contribution in [3.05, 3.63) is 21.0 Å². The van der Waals surface area contributed by atoms with Crippen LogP contribution in [0.15, 0.2) is 19.6 Å². The van der Waals surface area contributed by atoms with Crippen LogP contribution in [0.1, 0.15) is 11.8 Å². The largest absolute Gasteiger partial charge is 0.450 e. The summed E-state index contributed by atoms with van der Waals surface area (Å²) in [5, 5.41) is 8.42. The molecular formula is C6H4Br2N2O. The van der Waals surface area contributed by atoms with Gasteiger partial charge in [0, 0.05) is 0 Å². The number of furan rings is 1. The van der Waals surface area contributed by atoms with Gasteiger partial charge in [0.15, 0.2) is 10.7 Å². The highest BCUT2D eigenvalue weighted by Gasteiger charge is 2.11. The average Bonchev–Trinajstić information content (AvgIpc) is 2.31. The Morgan fingerprint density at radius 3 is 2.64 bits per heavy atom. The maximum absolute atomic E-state index is 8.42. The van der Waals surface area contributed by atoms with Crippen molar-refractivity contribution in [1.82, 2.24) is 0 Å². The number of rotatable bonds is 1. The third-order valence-electron chi connectivity index (χ3n) is 1.11. The highest BCUT2D eigenvalue weighted by atomic mass is 79.9. The lowest BCUT2D eigenvalue weighted by atomic mass is 10.3. The molecule has 11 heavy (non-hydrogen) atoms. The molecule has 1 unspecified atom stereocenters. The van der Waals surface area contributed by atoms with Crippen molar-refractivity contribution in [2.45, 2.75) is 6.04 Å². The normalized spacial score (nSPS) is 12.5. The first-order valence-electron chi connectivity index (χ1n) is 2.75. The lowest BCUT2D eigenvalue weighted by Crippen LogP contribution is -2.05. The van der Waals surface area contributed by atoms with E-state index in [1.165, 1.54) is 0 Å². The highest BCUT2D eigenvalue weighted by Crippen LogP contribution is 2.28. The zero-order valence-corrected chi connectivity index (χ0v) is 8.52. The Balaban J connectivity index is 2.99.